The summed E-state index contributed by atoms with van der Waals surface area (Å²) in [4.78, 5) is 29.7. The number of anilines is 1. The molecular weight excluding hydrogens is 412 g/mol. The quantitative estimate of drug-likeness (QED) is 0.772. The minimum Gasteiger partial charge on any atom is -0.371 e. The van der Waals surface area contributed by atoms with Crippen LogP contribution in [0.5, 0.6) is 0 Å². The van der Waals surface area contributed by atoms with Gasteiger partial charge in [-0.1, -0.05) is 19.1 Å². The Morgan fingerprint density at radius 3 is 2.19 bits per heavy atom. The zero-order valence-corrected chi connectivity index (χ0v) is 18.3. The van der Waals surface area contributed by atoms with E-state index in [1.54, 1.807) is 0 Å². The third kappa shape index (κ3) is 5.09. The van der Waals surface area contributed by atoms with Crippen LogP contribution in [-0.2, 0) is 0 Å². The fourth-order valence-electron chi connectivity index (χ4n) is 4.53. The lowest BCUT2D eigenvalue weighted by atomic mass is 9.98. The summed E-state index contributed by atoms with van der Waals surface area (Å²) in [7, 11) is 0. The van der Waals surface area contributed by atoms with Crippen molar-refractivity contribution in [2.75, 3.05) is 31.1 Å². The fourth-order valence-corrected chi connectivity index (χ4v) is 4.53. The predicted molar refractivity (Wildman–Crippen MR) is 120 cm³/mol. The lowest BCUT2D eigenvalue weighted by Gasteiger charge is -2.36. The molecule has 0 bridgehead atoms. The van der Waals surface area contributed by atoms with Crippen molar-refractivity contribution in [2.45, 2.75) is 38.6 Å². The largest absolute Gasteiger partial charge is 0.371 e. The van der Waals surface area contributed by atoms with Gasteiger partial charge in [0.25, 0.3) is 11.8 Å². The van der Waals surface area contributed by atoms with Gasteiger partial charge in [0.1, 0.15) is 11.6 Å². The van der Waals surface area contributed by atoms with E-state index in [1.807, 2.05) is 29.2 Å². The zero-order valence-electron chi connectivity index (χ0n) is 18.3. The van der Waals surface area contributed by atoms with E-state index >= 15 is 0 Å². The number of hydrogen-bond donors (Lipinski definition) is 1. The predicted octanol–water partition coefficient (Wildman–Crippen LogP) is 4.24. The molecule has 7 heteroatoms. The van der Waals surface area contributed by atoms with Crippen LogP contribution in [0.1, 0.15) is 53.3 Å². The molecule has 1 N–H and O–H groups in total. The number of benzene rings is 2. The first-order valence-corrected chi connectivity index (χ1v) is 11.3. The number of carbonyl (C=O) groups is 2. The molecule has 2 aliphatic rings. The minimum atomic E-state index is -0.769. The number of hydrogen-bond acceptors (Lipinski definition) is 3. The van der Waals surface area contributed by atoms with Gasteiger partial charge in [0.2, 0.25) is 0 Å². The highest BCUT2D eigenvalue weighted by atomic mass is 19.1. The smallest absolute Gasteiger partial charge is 0.255 e. The van der Waals surface area contributed by atoms with Crippen molar-refractivity contribution in [1.82, 2.24) is 10.2 Å². The van der Waals surface area contributed by atoms with Crippen molar-refractivity contribution in [3.05, 3.63) is 65.2 Å². The number of nitrogens with zero attached hydrogens (tertiary/aromatic N) is 2. The van der Waals surface area contributed by atoms with Crippen molar-refractivity contribution < 1.29 is 18.4 Å². The first kappa shape index (κ1) is 22.2. The van der Waals surface area contributed by atoms with Gasteiger partial charge in [-0.05, 0) is 55.9 Å². The molecule has 0 aromatic heterocycles. The highest BCUT2D eigenvalue weighted by molar-refractivity contribution is 6.00. The minimum absolute atomic E-state index is 0.0169. The molecule has 32 heavy (non-hydrogen) atoms. The average Bonchev–Trinajstić information content (AvgIpc) is 2.79. The van der Waals surface area contributed by atoms with Crippen LogP contribution in [0.25, 0.3) is 0 Å². The maximum atomic E-state index is 13.4. The SMILES string of the molecule is CC1CCN(C(=O)c2ccccc2N2CCC(NC(=O)c3cc(F)cc(F)c3)CC2)CC1. The monoisotopic (exact) mass is 441 g/mol. The Kier molecular flexibility index (Phi) is 6.72. The normalized spacial score (nSPS) is 18.0. The molecule has 0 unspecified atom stereocenters. The van der Waals surface area contributed by atoms with E-state index in [9.17, 15) is 18.4 Å². The second-order valence-electron chi connectivity index (χ2n) is 8.88. The molecule has 0 atom stereocenters. The highest BCUT2D eigenvalue weighted by Crippen LogP contribution is 2.27. The second-order valence-corrected chi connectivity index (χ2v) is 8.88. The third-order valence-electron chi connectivity index (χ3n) is 6.50. The Labute approximate surface area is 187 Å². The molecule has 2 saturated heterocycles. The van der Waals surface area contributed by atoms with E-state index in [-0.39, 0.29) is 17.5 Å². The molecular formula is C25H29F2N3O2. The van der Waals surface area contributed by atoms with Crippen LogP contribution in [0.3, 0.4) is 0 Å². The average molecular weight is 442 g/mol. The summed E-state index contributed by atoms with van der Waals surface area (Å²) < 4.78 is 26.8. The van der Waals surface area contributed by atoms with Crippen molar-refractivity contribution in [3.8, 4) is 0 Å². The Hall–Kier alpha value is -2.96. The van der Waals surface area contributed by atoms with Gasteiger partial charge in [0, 0.05) is 49.5 Å². The first-order valence-electron chi connectivity index (χ1n) is 11.3. The lowest BCUT2D eigenvalue weighted by Crippen LogP contribution is -2.45. The maximum absolute atomic E-state index is 13.4. The molecule has 5 nitrogen and oxygen atoms in total. The molecule has 170 valence electrons. The zero-order chi connectivity index (χ0) is 22.7. The van der Waals surface area contributed by atoms with Crippen LogP contribution in [0, 0.1) is 17.6 Å². The van der Waals surface area contributed by atoms with E-state index in [0.717, 1.165) is 55.4 Å². The number of rotatable bonds is 4. The van der Waals surface area contributed by atoms with Crippen LogP contribution < -0.4 is 10.2 Å². The molecule has 2 aromatic rings. The van der Waals surface area contributed by atoms with Crippen molar-refractivity contribution in [1.29, 1.82) is 0 Å². The molecule has 2 aliphatic heterocycles. The number of nitrogens with one attached hydrogen (secondary N) is 1. The first-order chi connectivity index (χ1) is 15.4. The standard InChI is InChI=1S/C25H29F2N3O2/c1-17-6-10-30(11-7-17)25(32)22-4-2-3-5-23(22)29-12-8-21(9-13-29)28-24(31)18-14-19(26)16-20(27)15-18/h2-5,14-17,21H,6-13H2,1H3,(H,28,31). The molecule has 0 saturated carbocycles. The fraction of sp³-hybridized carbons (Fsp3) is 0.440. The molecule has 4 rings (SSSR count). The molecule has 0 spiro atoms. The van der Waals surface area contributed by atoms with E-state index in [4.69, 9.17) is 0 Å². The van der Waals surface area contributed by atoms with E-state index in [0.29, 0.717) is 31.8 Å². The van der Waals surface area contributed by atoms with Gasteiger partial charge in [-0.2, -0.15) is 0 Å². The number of amides is 2. The molecule has 2 heterocycles. The number of para-hydroxylation sites is 1. The van der Waals surface area contributed by atoms with Gasteiger partial charge < -0.3 is 15.1 Å². The molecule has 2 fully saturated rings. The summed E-state index contributed by atoms with van der Waals surface area (Å²) in [5, 5.41) is 2.88. The summed E-state index contributed by atoms with van der Waals surface area (Å²) in [5.74, 6) is -1.27. The lowest BCUT2D eigenvalue weighted by molar-refractivity contribution is 0.0697. The Bertz CT molecular complexity index is 961. The van der Waals surface area contributed by atoms with Crippen molar-refractivity contribution >= 4 is 17.5 Å². The van der Waals surface area contributed by atoms with Crippen molar-refractivity contribution in [3.63, 3.8) is 0 Å². The molecule has 0 aliphatic carbocycles. The van der Waals surface area contributed by atoms with Gasteiger partial charge in [0.15, 0.2) is 0 Å². The van der Waals surface area contributed by atoms with Gasteiger partial charge in [-0.25, -0.2) is 8.78 Å². The van der Waals surface area contributed by atoms with Crippen LogP contribution in [0.4, 0.5) is 14.5 Å². The third-order valence-corrected chi connectivity index (χ3v) is 6.50. The van der Waals surface area contributed by atoms with Gasteiger partial charge in [-0.15, -0.1) is 0 Å². The Morgan fingerprint density at radius 1 is 0.906 bits per heavy atom. The van der Waals surface area contributed by atoms with E-state index in [1.165, 1.54) is 0 Å². The second kappa shape index (κ2) is 9.67. The summed E-state index contributed by atoms with van der Waals surface area (Å²) in [5.41, 5.74) is 1.63. The number of piperidine rings is 2. The van der Waals surface area contributed by atoms with Crippen LogP contribution in [-0.4, -0.2) is 48.9 Å². The van der Waals surface area contributed by atoms with Crippen LogP contribution in [0.2, 0.25) is 0 Å². The van der Waals surface area contributed by atoms with E-state index < -0.39 is 17.5 Å². The summed E-state index contributed by atoms with van der Waals surface area (Å²) in [6.45, 7) is 5.18. The van der Waals surface area contributed by atoms with Crippen LogP contribution >= 0.6 is 0 Å². The Balaban J connectivity index is 1.38. The van der Waals surface area contributed by atoms with E-state index in [2.05, 4.69) is 17.1 Å². The van der Waals surface area contributed by atoms with Crippen molar-refractivity contribution in [2.24, 2.45) is 5.92 Å². The molecule has 0 radical (unpaired) electrons. The van der Waals surface area contributed by atoms with Crippen LogP contribution in [0.15, 0.2) is 42.5 Å². The maximum Gasteiger partial charge on any atom is 0.255 e. The summed E-state index contributed by atoms with van der Waals surface area (Å²) in [6.07, 6.45) is 3.45. The number of halogens is 2. The van der Waals surface area contributed by atoms with Gasteiger partial charge in [-0.3, -0.25) is 9.59 Å². The van der Waals surface area contributed by atoms with Gasteiger partial charge in [0.05, 0.1) is 5.56 Å². The number of likely N-dealkylation sites (tertiary alicyclic amines) is 1. The molecule has 2 aromatic carbocycles. The summed E-state index contributed by atoms with van der Waals surface area (Å²) >= 11 is 0. The highest BCUT2D eigenvalue weighted by Gasteiger charge is 2.27. The Morgan fingerprint density at radius 2 is 1.53 bits per heavy atom. The molecule has 2 amide bonds. The topological polar surface area (TPSA) is 52.7 Å². The summed E-state index contributed by atoms with van der Waals surface area (Å²) in [6, 6.07) is 10.4. The number of carbonyl (C=O) groups excluding carboxylic acids is 2. The van der Waals surface area contributed by atoms with Gasteiger partial charge >= 0.3 is 0 Å².